The summed E-state index contributed by atoms with van der Waals surface area (Å²) < 4.78 is 0. The van der Waals surface area contributed by atoms with Crippen LogP contribution in [-0.4, -0.2) is 41.4 Å². The molecular weight excluding hydrogens is 290 g/mol. The molecule has 3 N–H and O–H groups in total. The van der Waals surface area contributed by atoms with E-state index >= 15 is 0 Å². The molecule has 122 valence electrons. The van der Waals surface area contributed by atoms with Gasteiger partial charge in [0, 0.05) is 25.0 Å². The minimum Gasteiger partial charge on any atom is -0.352 e. The zero-order chi connectivity index (χ0) is 14.8. The lowest BCUT2D eigenvalue weighted by atomic mass is 9.95. The van der Waals surface area contributed by atoms with E-state index in [1.807, 2.05) is 11.8 Å². The predicted octanol–water partition coefficient (Wildman–Crippen LogP) is 1.44. The Morgan fingerprint density at radius 3 is 2.29 bits per heavy atom. The Bertz CT molecular complexity index is 375. The molecule has 21 heavy (non-hydrogen) atoms. The van der Waals surface area contributed by atoms with Crippen LogP contribution in [0.1, 0.15) is 52.4 Å². The van der Waals surface area contributed by atoms with Gasteiger partial charge in [-0.15, -0.1) is 12.4 Å². The highest BCUT2D eigenvalue weighted by Gasteiger charge is 2.36. The van der Waals surface area contributed by atoms with Crippen LogP contribution >= 0.6 is 12.4 Å². The van der Waals surface area contributed by atoms with Crippen LogP contribution in [0.2, 0.25) is 0 Å². The second kappa shape index (κ2) is 7.45. The molecule has 0 aromatic rings. The van der Waals surface area contributed by atoms with E-state index in [4.69, 9.17) is 5.73 Å². The van der Waals surface area contributed by atoms with Crippen molar-refractivity contribution in [2.75, 3.05) is 13.1 Å². The van der Waals surface area contributed by atoms with Gasteiger partial charge in [-0.2, -0.15) is 0 Å². The lowest BCUT2D eigenvalue weighted by molar-refractivity contribution is -0.133. The standard InChI is InChI=1S/C15H27N3O2.ClH/c1-3-8-15(2,16)14(20)17-12-6-9-18(10-7-12)13(19)11-4-5-11;/h11-12H,3-10,16H2,1-2H3,(H,17,20);1H. The molecule has 6 heteroatoms. The molecule has 2 fully saturated rings. The molecule has 5 nitrogen and oxygen atoms in total. The second-order valence-corrected chi connectivity index (χ2v) is 6.51. The Balaban J connectivity index is 0.00000220. The van der Waals surface area contributed by atoms with Gasteiger partial charge in [-0.3, -0.25) is 9.59 Å². The highest BCUT2D eigenvalue weighted by atomic mass is 35.5. The van der Waals surface area contributed by atoms with Crippen molar-refractivity contribution in [1.82, 2.24) is 10.2 Å². The third kappa shape index (κ3) is 4.85. The van der Waals surface area contributed by atoms with E-state index in [-0.39, 0.29) is 30.3 Å². The fourth-order valence-electron chi connectivity index (χ4n) is 2.82. The van der Waals surface area contributed by atoms with Crippen LogP contribution in [0.15, 0.2) is 0 Å². The average molecular weight is 318 g/mol. The summed E-state index contributed by atoms with van der Waals surface area (Å²) in [5.41, 5.74) is 5.25. The molecule has 1 unspecified atom stereocenters. The summed E-state index contributed by atoms with van der Waals surface area (Å²) in [7, 11) is 0. The summed E-state index contributed by atoms with van der Waals surface area (Å²) in [5, 5.41) is 3.05. The first-order valence-corrected chi connectivity index (χ1v) is 7.82. The summed E-state index contributed by atoms with van der Waals surface area (Å²) in [5.74, 6) is 0.536. The molecule has 0 aromatic carbocycles. The fourth-order valence-corrected chi connectivity index (χ4v) is 2.82. The van der Waals surface area contributed by atoms with Gasteiger partial charge in [0.2, 0.25) is 11.8 Å². The van der Waals surface area contributed by atoms with Crippen molar-refractivity contribution in [3.05, 3.63) is 0 Å². The number of hydrogen-bond acceptors (Lipinski definition) is 3. The van der Waals surface area contributed by atoms with Crippen molar-refractivity contribution < 1.29 is 9.59 Å². The van der Waals surface area contributed by atoms with Crippen molar-refractivity contribution in [2.45, 2.75) is 64.0 Å². The van der Waals surface area contributed by atoms with E-state index in [9.17, 15) is 9.59 Å². The SMILES string of the molecule is CCCC(C)(N)C(=O)NC1CCN(C(=O)C2CC2)CC1.Cl. The Labute approximate surface area is 133 Å². The summed E-state index contributed by atoms with van der Waals surface area (Å²) in [4.78, 5) is 26.0. The number of hydrogen-bond donors (Lipinski definition) is 2. The fraction of sp³-hybridized carbons (Fsp3) is 0.867. The van der Waals surface area contributed by atoms with E-state index in [2.05, 4.69) is 5.32 Å². The van der Waals surface area contributed by atoms with Gasteiger partial charge in [0.1, 0.15) is 0 Å². The third-order valence-electron chi connectivity index (χ3n) is 4.36. The lowest BCUT2D eigenvalue weighted by Gasteiger charge is -2.34. The maximum absolute atomic E-state index is 12.1. The van der Waals surface area contributed by atoms with Crippen LogP contribution in [0.3, 0.4) is 0 Å². The number of nitrogens with two attached hydrogens (primary N) is 1. The number of rotatable bonds is 5. The first-order chi connectivity index (χ1) is 9.44. The average Bonchev–Trinajstić information content (AvgIpc) is 3.23. The van der Waals surface area contributed by atoms with Gasteiger partial charge < -0.3 is 16.0 Å². The van der Waals surface area contributed by atoms with E-state index in [0.29, 0.717) is 12.3 Å². The predicted molar refractivity (Wildman–Crippen MR) is 85.2 cm³/mol. The highest BCUT2D eigenvalue weighted by Crippen LogP contribution is 2.31. The number of nitrogens with one attached hydrogen (secondary N) is 1. The zero-order valence-electron chi connectivity index (χ0n) is 13.1. The molecule has 0 aromatic heterocycles. The summed E-state index contributed by atoms with van der Waals surface area (Å²) in [6.07, 6.45) is 5.38. The molecule has 2 amide bonds. The Morgan fingerprint density at radius 1 is 1.24 bits per heavy atom. The van der Waals surface area contributed by atoms with Gasteiger partial charge >= 0.3 is 0 Å². The molecule has 1 aliphatic heterocycles. The van der Waals surface area contributed by atoms with E-state index in [1.54, 1.807) is 6.92 Å². The molecule has 1 aliphatic carbocycles. The van der Waals surface area contributed by atoms with Crippen LogP contribution in [0.25, 0.3) is 0 Å². The molecule has 1 saturated heterocycles. The number of carbonyl (C=O) groups excluding carboxylic acids is 2. The van der Waals surface area contributed by atoms with Crippen LogP contribution < -0.4 is 11.1 Å². The maximum Gasteiger partial charge on any atom is 0.240 e. The maximum atomic E-state index is 12.1. The number of halogens is 1. The van der Waals surface area contributed by atoms with Gasteiger partial charge in [-0.25, -0.2) is 0 Å². The molecule has 0 radical (unpaired) electrons. The number of nitrogens with zero attached hydrogens (tertiary/aromatic N) is 1. The van der Waals surface area contributed by atoms with Crippen LogP contribution in [-0.2, 0) is 9.59 Å². The molecule has 1 atom stereocenters. The van der Waals surface area contributed by atoms with Crippen molar-refractivity contribution in [1.29, 1.82) is 0 Å². The molecule has 0 spiro atoms. The topological polar surface area (TPSA) is 75.4 Å². The number of amides is 2. The monoisotopic (exact) mass is 317 g/mol. The normalized spacial score (nSPS) is 22.1. The van der Waals surface area contributed by atoms with Crippen LogP contribution in [0.5, 0.6) is 0 Å². The largest absolute Gasteiger partial charge is 0.352 e. The minimum absolute atomic E-state index is 0. The zero-order valence-corrected chi connectivity index (χ0v) is 13.9. The minimum atomic E-state index is -0.782. The Kier molecular flexibility index (Phi) is 6.47. The van der Waals surface area contributed by atoms with Crippen LogP contribution in [0.4, 0.5) is 0 Å². The third-order valence-corrected chi connectivity index (χ3v) is 4.36. The first kappa shape index (κ1) is 18.2. The van der Waals surface area contributed by atoms with Gasteiger partial charge in [-0.1, -0.05) is 13.3 Å². The van der Waals surface area contributed by atoms with E-state index in [0.717, 1.165) is 45.2 Å². The second-order valence-electron chi connectivity index (χ2n) is 6.51. The molecule has 1 heterocycles. The number of piperidine rings is 1. The smallest absolute Gasteiger partial charge is 0.240 e. The van der Waals surface area contributed by atoms with Crippen LogP contribution in [0, 0.1) is 5.92 Å². The van der Waals surface area contributed by atoms with Gasteiger partial charge in [0.15, 0.2) is 0 Å². The van der Waals surface area contributed by atoms with Crippen molar-refractivity contribution in [3.8, 4) is 0 Å². The number of carbonyl (C=O) groups is 2. The van der Waals surface area contributed by atoms with Crippen molar-refractivity contribution in [3.63, 3.8) is 0 Å². The van der Waals surface area contributed by atoms with E-state index in [1.165, 1.54) is 0 Å². The van der Waals surface area contributed by atoms with E-state index < -0.39 is 5.54 Å². The first-order valence-electron chi connectivity index (χ1n) is 7.82. The lowest BCUT2D eigenvalue weighted by Crippen LogP contribution is -2.56. The Morgan fingerprint density at radius 2 is 1.81 bits per heavy atom. The van der Waals surface area contributed by atoms with Gasteiger partial charge in [0.05, 0.1) is 5.54 Å². The van der Waals surface area contributed by atoms with Crippen molar-refractivity contribution in [2.24, 2.45) is 11.7 Å². The summed E-state index contributed by atoms with van der Waals surface area (Å²) >= 11 is 0. The molecule has 0 bridgehead atoms. The molecule has 1 saturated carbocycles. The molecule has 2 rings (SSSR count). The van der Waals surface area contributed by atoms with Gasteiger partial charge in [0.25, 0.3) is 0 Å². The van der Waals surface area contributed by atoms with Gasteiger partial charge in [-0.05, 0) is 39.0 Å². The summed E-state index contributed by atoms with van der Waals surface area (Å²) in [6.45, 7) is 5.34. The quantitative estimate of drug-likeness (QED) is 0.805. The molecule has 2 aliphatic rings. The van der Waals surface area contributed by atoms with Crippen molar-refractivity contribution >= 4 is 24.2 Å². The Hall–Kier alpha value is -0.810. The molecular formula is C15H28ClN3O2. The number of likely N-dealkylation sites (tertiary alicyclic amines) is 1. The summed E-state index contributed by atoms with van der Waals surface area (Å²) in [6, 6.07) is 0.158. The highest BCUT2D eigenvalue weighted by molar-refractivity contribution is 5.86.